The molecule has 1 atom stereocenters. The molecule has 3 aromatic carbocycles. The third-order valence-corrected chi connectivity index (χ3v) is 6.29. The molecule has 0 aliphatic heterocycles. The Morgan fingerprint density at radius 2 is 1.69 bits per heavy atom. The molecule has 0 aliphatic rings. The molecule has 0 saturated heterocycles. The van der Waals surface area contributed by atoms with Crippen molar-refractivity contribution in [3.63, 3.8) is 0 Å². The minimum atomic E-state index is -0.818. The maximum atomic E-state index is 14.6. The number of nitrogens with zero attached hydrogens (tertiary/aromatic N) is 1. The van der Waals surface area contributed by atoms with Gasteiger partial charge in [0.1, 0.15) is 17.6 Å². The molecular weight excluding hydrogens is 558 g/mol. The summed E-state index contributed by atoms with van der Waals surface area (Å²) in [4.78, 5) is 28.2. The van der Waals surface area contributed by atoms with E-state index in [2.05, 4.69) is 27.9 Å². The first-order valence-corrected chi connectivity index (χ1v) is 12.8. The summed E-state index contributed by atoms with van der Waals surface area (Å²) in [6, 6.07) is 22.4. The molecular formula is C28H30FIN2O3. The lowest BCUT2D eigenvalue weighted by atomic mass is 10.0. The summed E-state index contributed by atoms with van der Waals surface area (Å²) in [7, 11) is 0. The Kier molecular flexibility index (Phi) is 10.5. The van der Waals surface area contributed by atoms with E-state index in [1.807, 2.05) is 49.4 Å². The number of benzene rings is 3. The van der Waals surface area contributed by atoms with Crippen molar-refractivity contribution in [2.75, 3.05) is 13.2 Å². The van der Waals surface area contributed by atoms with Gasteiger partial charge in [-0.2, -0.15) is 0 Å². The van der Waals surface area contributed by atoms with Crippen LogP contribution in [0.4, 0.5) is 4.39 Å². The van der Waals surface area contributed by atoms with Gasteiger partial charge >= 0.3 is 0 Å². The SMILES string of the molecule is CCCCNC(=O)[C@@H](Cc1ccccc1)N(Cc1ccccc1F)C(=O)COc1ccc(I)cc1. The minimum Gasteiger partial charge on any atom is -0.484 e. The topological polar surface area (TPSA) is 58.6 Å². The highest BCUT2D eigenvalue weighted by Gasteiger charge is 2.31. The lowest BCUT2D eigenvalue weighted by Gasteiger charge is -2.31. The van der Waals surface area contributed by atoms with E-state index in [9.17, 15) is 14.0 Å². The molecule has 5 nitrogen and oxygen atoms in total. The number of unbranched alkanes of at least 4 members (excludes halogenated alkanes) is 1. The summed E-state index contributed by atoms with van der Waals surface area (Å²) in [5.41, 5.74) is 1.25. The van der Waals surface area contributed by atoms with E-state index in [-0.39, 0.29) is 19.1 Å². The Balaban J connectivity index is 1.88. The number of hydrogen-bond donors (Lipinski definition) is 1. The Morgan fingerprint density at radius 1 is 1.00 bits per heavy atom. The lowest BCUT2D eigenvalue weighted by Crippen LogP contribution is -2.52. The Hall–Kier alpha value is -2.94. The molecule has 0 aliphatic carbocycles. The summed E-state index contributed by atoms with van der Waals surface area (Å²) < 4.78 is 21.4. The van der Waals surface area contributed by atoms with Crippen LogP contribution in [0.15, 0.2) is 78.9 Å². The fourth-order valence-corrected chi connectivity index (χ4v) is 3.99. The third-order valence-electron chi connectivity index (χ3n) is 5.58. The van der Waals surface area contributed by atoms with E-state index in [4.69, 9.17) is 4.74 Å². The van der Waals surface area contributed by atoms with Gasteiger partial charge in [-0.1, -0.05) is 61.9 Å². The van der Waals surface area contributed by atoms with Crippen molar-refractivity contribution in [2.24, 2.45) is 0 Å². The van der Waals surface area contributed by atoms with Gasteiger partial charge in [0.15, 0.2) is 6.61 Å². The van der Waals surface area contributed by atoms with E-state index in [1.165, 1.54) is 11.0 Å². The van der Waals surface area contributed by atoms with Crippen molar-refractivity contribution in [3.8, 4) is 5.75 Å². The fraction of sp³-hybridized carbons (Fsp3) is 0.286. The van der Waals surface area contributed by atoms with Crippen molar-refractivity contribution in [1.82, 2.24) is 10.2 Å². The third kappa shape index (κ3) is 8.35. The lowest BCUT2D eigenvalue weighted by molar-refractivity contribution is -0.142. The normalized spacial score (nSPS) is 11.5. The van der Waals surface area contributed by atoms with E-state index in [0.29, 0.717) is 24.3 Å². The Labute approximate surface area is 219 Å². The second-order valence-electron chi connectivity index (χ2n) is 8.21. The molecule has 0 unspecified atom stereocenters. The smallest absolute Gasteiger partial charge is 0.261 e. The molecule has 3 rings (SSSR count). The van der Waals surface area contributed by atoms with Crippen LogP contribution in [0.2, 0.25) is 0 Å². The summed E-state index contributed by atoms with van der Waals surface area (Å²) in [6.45, 7) is 2.26. The predicted molar refractivity (Wildman–Crippen MR) is 143 cm³/mol. The predicted octanol–water partition coefficient (Wildman–Crippen LogP) is 5.37. The zero-order valence-electron chi connectivity index (χ0n) is 19.8. The zero-order chi connectivity index (χ0) is 25.0. The van der Waals surface area contributed by atoms with Gasteiger partial charge in [0.05, 0.1) is 0 Å². The maximum Gasteiger partial charge on any atom is 0.261 e. The average Bonchev–Trinajstić information content (AvgIpc) is 2.87. The summed E-state index contributed by atoms with van der Waals surface area (Å²) >= 11 is 2.19. The summed E-state index contributed by atoms with van der Waals surface area (Å²) in [5, 5.41) is 2.95. The highest BCUT2D eigenvalue weighted by molar-refractivity contribution is 14.1. The maximum absolute atomic E-state index is 14.6. The first kappa shape index (κ1) is 26.7. The Morgan fingerprint density at radius 3 is 2.37 bits per heavy atom. The van der Waals surface area contributed by atoms with E-state index in [1.54, 1.807) is 30.3 Å². The van der Waals surface area contributed by atoms with Crippen LogP contribution in [0.25, 0.3) is 0 Å². The monoisotopic (exact) mass is 588 g/mol. The quantitative estimate of drug-likeness (QED) is 0.229. The number of nitrogens with one attached hydrogen (secondary N) is 1. The van der Waals surface area contributed by atoms with E-state index in [0.717, 1.165) is 22.0 Å². The molecule has 0 spiro atoms. The molecule has 0 saturated carbocycles. The average molecular weight is 588 g/mol. The van der Waals surface area contributed by atoms with Crippen molar-refractivity contribution < 1.29 is 18.7 Å². The molecule has 35 heavy (non-hydrogen) atoms. The highest BCUT2D eigenvalue weighted by atomic mass is 127. The number of hydrogen-bond acceptors (Lipinski definition) is 3. The molecule has 0 bridgehead atoms. The van der Waals surface area contributed by atoms with Crippen molar-refractivity contribution in [1.29, 1.82) is 0 Å². The molecule has 2 amide bonds. The van der Waals surface area contributed by atoms with Crippen molar-refractivity contribution >= 4 is 34.4 Å². The van der Waals surface area contributed by atoms with Crippen LogP contribution in [-0.2, 0) is 22.6 Å². The molecule has 7 heteroatoms. The molecule has 0 heterocycles. The largest absolute Gasteiger partial charge is 0.484 e. The zero-order valence-corrected chi connectivity index (χ0v) is 21.9. The van der Waals surface area contributed by atoms with Gasteiger partial charge in [-0.05, 0) is 64.9 Å². The van der Waals surface area contributed by atoms with Crippen LogP contribution in [0.5, 0.6) is 5.75 Å². The second kappa shape index (κ2) is 13.8. The second-order valence-corrected chi connectivity index (χ2v) is 9.45. The molecule has 3 aromatic rings. The number of amides is 2. The number of rotatable bonds is 12. The van der Waals surface area contributed by atoms with Gasteiger partial charge in [0.25, 0.3) is 5.91 Å². The van der Waals surface area contributed by atoms with Crippen molar-refractivity contribution in [3.05, 3.63) is 99.4 Å². The molecule has 0 aromatic heterocycles. The van der Waals surface area contributed by atoms with Gasteiger partial charge in [0.2, 0.25) is 5.91 Å². The van der Waals surface area contributed by atoms with Crippen LogP contribution >= 0.6 is 22.6 Å². The number of halogens is 2. The molecule has 0 radical (unpaired) electrons. The van der Waals surface area contributed by atoms with Crippen LogP contribution in [0.1, 0.15) is 30.9 Å². The Bertz CT molecular complexity index is 1090. The first-order valence-electron chi connectivity index (χ1n) is 11.7. The number of ether oxygens (including phenoxy) is 1. The molecule has 184 valence electrons. The van der Waals surface area contributed by atoms with Gasteiger partial charge < -0.3 is 15.0 Å². The number of carbonyl (C=O) groups is 2. The van der Waals surface area contributed by atoms with E-state index < -0.39 is 17.8 Å². The van der Waals surface area contributed by atoms with Gasteiger partial charge in [0, 0.05) is 28.6 Å². The van der Waals surface area contributed by atoms with E-state index >= 15 is 0 Å². The van der Waals surface area contributed by atoms with Crippen LogP contribution in [0.3, 0.4) is 0 Å². The van der Waals surface area contributed by atoms with Crippen LogP contribution in [-0.4, -0.2) is 35.9 Å². The van der Waals surface area contributed by atoms with Crippen molar-refractivity contribution in [2.45, 2.75) is 38.8 Å². The van der Waals surface area contributed by atoms with Crippen LogP contribution in [0, 0.1) is 9.39 Å². The van der Waals surface area contributed by atoms with Gasteiger partial charge in [-0.15, -0.1) is 0 Å². The standard InChI is InChI=1S/C28H30FIN2O3/c1-2-3-17-31-28(34)26(18-21-9-5-4-6-10-21)32(19-22-11-7-8-12-25(22)29)27(33)20-35-24-15-13-23(30)14-16-24/h4-16,26H,2-3,17-20H2,1H3,(H,31,34)/t26-/m1/s1. The molecule has 1 N–H and O–H groups in total. The molecule has 0 fully saturated rings. The summed E-state index contributed by atoms with van der Waals surface area (Å²) in [5.74, 6) is -0.523. The van der Waals surface area contributed by atoms with Gasteiger partial charge in [-0.3, -0.25) is 9.59 Å². The first-order chi connectivity index (χ1) is 17.0. The fourth-order valence-electron chi connectivity index (χ4n) is 3.63. The van der Waals surface area contributed by atoms with Crippen LogP contribution < -0.4 is 10.1 Å². The minimum absolute atomic E-state index is 0.0414. The number of carbonyl (C=O) groups excluding carboxylic acids is 2. The van der Waals surface area contributed by atoms with Gasteiger partial charge in [-0.25, -0.2) is 4.39 Å². The summed E-state index contributed by atoms with van der Waals surface area (Å²) in [6.07, 6.45) is 2.08. The highest BCUT2D eigenvalue weighted by Crippen LogP contribution is 2.18.